The minimum Gasteiger partial charge on any atom is -0.383 e. The van der Waals surface area contributed by atoms with Gasteiger partial charge in [-0.15, -0.1) is 0 Å². The van der Waals surface area contributed by atoms with Gasteiger partial charge in [-0.25, -0.2) is 0 Å². The van der Waals surface area contributed by atoms with Gasteiger partial charge in [0.05, 0.1) is 0 Å². The Kier molecular flexibility index (Phi) is 4.41. The van der Waals surface area contributed by atoms with E-state index in [9.17, 15) is 4.79 Å². The van der Waals surface area contributed by atoms with Crippen LogP contribution in [-0.2, 0) is 0 Å². The molecule has 0 spiro atoms. The Hall–Kier alpha value is -2.29. The number of carbonyl (C=O) groups excluding carboxylic acids is 1. The molecule has 2 aromatic rings. The van der Waals surface area contributed by atoms with E-state index in [1.165, 1.54) is 0 Å². The molecular formula is C17H20N2O. The molecule has 0 bridgehead atoms. The maximum atomic E-state index is 12.1. The van der Waals surface area contributed by atoms with Crippen LogP contribution in [0.2, 0.25) is 0 Å². The van der Waals surface area contributed by atoms with Gasteiger partial charge in [0.25, 0.3) is 5.91 Å². The Morgan fingerprint density at radius 3 is 2.25 bits per heavy atom. The molecule has 3 heteroatoms. The molecule has 0 unspecified atom stereocenters. The van der Waals surface area contributed by atoms with E-state index in [0.29, 0.717) is 11.6 Å². The molecule has 3 nitrogen and oxygen atoms in total. The van der Waals surface area contributed by atoms with Crippen LogP contribution in [0.15, 0.2) is 48.5 Å². The summed E-state index contributed by atoms with van der Waals surface area (Å²) in [7, 11) is 0. The highest BCUT2D eigenvalue weighted by Crippen LogP contribution is 2.15. The van der Waals surface area contributed by atoms with E-state index < -0.39 is 0 Å². The van der Waals surface area contributed by atoms with Gasteiger partial charge < -0.3 is 10.6 Å². The fourth-order valence-electron chi connectivity index (χ4n) is 1.97. The second-order valence-corrected chi connectivity index (χ2v) is 5.20. The van der Waals surface area contributed by atoms with Crippen molar-refractivity contribution in [1.82, 2.24) is 0 Å². The normalized spacial score (nSPS) is 10.4. The van der Waals surface area contributed by atoms with Gasteiger partial charge in [0.15, 0.2) is 0 Å². The summed E-state index contributed by atoms with van der Waals surface area (Å²) in [6.45, 7) is 6.16. The van der Waals surface area contributed by atoms with Crippen molar-refractivity contribution in [3.63, 3.8) is 0 Å². The first-order chi connectivity index (χ1) is 9.54. The summed E-state index contributed by atoms with van der Waals surface area (Å²) in [5.74, 6) is -0.0849. The van der Waals surface area contributed by atoms with Crippen LogP contribution in [0.5, 0.6) is 0 Å². The van der Waals surface area contributed by atoms with Gasteiger partial charge in [-0.05, 0) is 57.2 Å². The predicted molar refractivity (Wildman–Crippen MR) is 84.3 cm³/mol. The number of benzene rings is 2. The summed E-state index contributed by atoms with van der Waals surface area (Å²) < 4.78 is 0. The first-order valence-electron chi connectivity index (χ1n) is 6.79. The average molecular weight is 268 g/mol. The average Bonchev–Trinajstić information content (AvgIpc) is 2.40. The highest BCUT2D eigenvalue weighted by Gasteiger charge is 2.06. The molecule has 0 atom stereocenters. The molecule has 1 amide bonds. The molecule has 0 aliphatic rings. The van der Waals surface area contributed by atoms with E-state index in [2.05, 4.69) is 24.5 Å². The van der Waals surface area contributed by atoms with Crippen LogP contribution >= 0.6 is 0 Å². The van der Waals surface area contributed by atoms with Crippen molar-refractivity contribution in [1.29, 1.82) is 0 Å². The number of nitrogens with one attached hydrogen (secondary N) is 2. The smallest absolute Gasteiger partial charge is 0.255 e. The molecule has 0 saturated carbocycles. The molecule has 0 heterocycles. The van der Waals surface area contributed by atoms with Crippen molar-refractivity contribution in [2.24, 2.45) is 0 Å². The zero-order valence-electron chi connectivity index (χ0n) is 12.1. The van der Waals surface area contributed by atoms with Crippen LogP contribution < -0.4 is 10.6 Å². The van der Waals surface area contributed by atoms with Crippen LogP contribution in [0, 0.1) is 6.92 Å². The third kappa shape index (κ3) is 3.85. The van der Waals surface area contributed by atoms with Crippen molar-refractivity contribution in [2.75, 3.05) is 10.6 Å². The summed E-state index contributed by atoms with van der Waals surface area (Å²) in [6.07, 6.45) is 0. The summed E-state index contributed by atoms with van der Waals surface area (Å²) in [6, 6.07) is 15.7. The number of hydrogen-bond acceptors (Lipinski definition) is 2. The molecule has 20 heavy (non-hydrogen) atoms. The molecule has 0 aliphatic heterocycles. The van der Waals surface area contributed by atoms with Crippen molar-refractivity contribution in [2.45, 2.75) is 26.8 Å². The van der Waals surface area contributed by atoms with Gasteiger partial charge in [-0.1, -0.05) is 17.7 Å². The number of hydrogen-bond donors (Lipinski definition) is 2. The quantitative estimate of drug-likeness (QED) is 0.877. The summed E-state index contributed by atoms with van der Waals surface area (Å²) in [4.78, 5) is 12.1. The molecular weight excluding hydrogens is 248 g/mol. The molecule has 2 aromatic carbocycles. The lowest BCUT2D eigenvalue weighted by atomic mass is 10.1. The Morgan fingerprint density at radius 2 is 1.65 bits per heavy atom. The Bertz CT molecular complexity index is 588. The van der Waals surface area contributed by atoms with Gasteiger partial charge >= 0.3 is 0 Å². The van der Waals surface area contributed by atoms with E-state index in [0.717, 1.165) is 16.9 Å². The number of rotatable bonds is 4. The van der Waals surface area contributed by atoms with E-state index in [4.69, 9.17) is 0 Å². The number of aryl methyl sites for hydroxylation is 1. The van der Waals surface area contributed by atoms with Gasteiger partial charge in [-0.3, -0.25) is 4.79 Å². The fourth-order valence-corrected chi connectivity index (χ4v) is 1.97. The fraction of sp³-hybridized carbons (Fsp3) is 0.235. The number of amides is 1. The van der Waals surface area contributed by atoms with Gasteiger partial charge in [-0.2, -0.15) is 0 Å². The minimum absolute atomic E-state index is 0.0849. The van der Waals surface area contributed by atoms with E-state index >= 15 is 0 Å². The molecule has 0 fully saturated rings. The summed E-state index contributed by atoms with van der Waals surface area (Å²) in [5, 5.41) is 6.21. The lowest BCUT2D eigenvalue weighted by Crippen LogP contribution is -2.12. The molecule has 0 saturated heterocycles. The third-order valence-corrected chi connectivity index (χ3v) is 2.88. The van der Waals surface area contributed by atoms with E-state index in [-0.39, 0.29) is 5.91 Å². The van der Waals surface area contributed by atoms with Gasteiger partial charge in [0.2, 0.25) is 0 Å². The second-order valence-electron chi connectivity index (χ2n) is 5.20. The highest BCUT2D eigenvalue weighted by atomic mass is 16.1. The molecule has 0 aliphatic carbocycles. The maximum Gasteiger partial charge on any atom is 0.255 e. The van der Waals surface area contributed by atoms with Crippen LogP contribution in [0.25, 0.3) is 0 Å². The highest BCUT2D eigenvalue weighted by molar-refractivity contribution is 6.04. The molecule has 0 radical (unpaired) electrons. The predicted octanol–water partition coefficient (Wildman–Crippen LogP) is 4.07. The van der Waals surface area contributed by atoms with Crippen molar-refractivity contribution < 1.29 is 4.79 Å². The minimum atomic E-state index is -0.0849. The lowest BCUT2D eigenvalue weighted by molar-refractivity contribution is 0.102. The van der Waals surface area contributed by atoms with Gasteiger partial charge in [0, 0.05) is 23.0 Å². The summed E-state index contributed by atoms with van der Waals surface area (Å²) >= 11 is 0. The van der Waals surface area contributed by atoms with Gasteiger partial charge in [0.1, 0.15) is 0 Å². The first kappa shape index (κ1) is 14.1. The zero-order valence-corrected chi connectivity index (χ0v) is 12.1. The molecule has 2 rings (SSSR count). The van der Waals surface area contributed by atoms with Crippen LogP contribution in [0.4, 0.5) is 11.4 Å². The van der Waals surface area contributed by atoms with Crippen LogP contribution in [0.1, 0.15) is 29.8 Å². The van der Waals surface area contributed by atoms with E-state index in [1.54, 1.807) is 0 Å². The largest absolute Gasteiger partial charge is 0.383 e. The molecule has 104 valence electrons. The van der Waals surface area contributed by atoms with Crippen molar-refractivity contribution in [3.05, 3.63) is 59.7 Å². The topological polar surface area (TPSA) is 41.1 Å². The van der Waals surface area contributed by atoms with Crippen LogP contribution in [-0.4, -0.2) is 11.9 Å². The molecule has 2 N–H and O–H groups in total. The maximum absolute atomic E-state index is 12.1. The number of anilines is 2. The summed E-state index contributed by atoms with van der Waals surface area (Å²) in [5.41, 5.74) is 3.60. The molecule has 0 aromatic heterocycles. The third-order valence-electron chi connectivity index (χ3n) is 2.88. The monoisotopic (exact) mass is 268 g/mol. The first-order valence-corrected chi connectivity index (χ1v) is 6.79. The zero-order chi connectivity index (χ0) is 14.5. The number of carbonyl (C=O) groups is 1. The second kappa shape index (κ2) is 6.24. The standard InChI is InChI=1S/C17H20N2O/c1-12(2)18-15-7-9-16(10-8-15)19-17(20)14-6-4-5-13(3)11-14/h4-12,18H,1-3H3,(H,19,20). The SMILES string of the molecule is Cc1cccc(C(=O)Nc2ccc(NC(C)C)cc2)c1. The lowest BCUT2D eigenvalue weighted by Gasteiger charge is -2.11. The van der Waals surface area contributed by atoms with Crippen LogP contribution in [0.3, 0.4) is 0 Å². The van der Waals surface area contributed by atoms with Crippen molar-refractivity contribution in [3.8, 4) is 0 Å². The Morgan fingerprint density at radius 1 is 1.00 bits per heavy atom. The van der Waals surface area contributed by atoms with Crippen molar-refractivity contribution >= 4 is 17.3 Å². The Labute approximate surface area is 120 Å². The Balaban J connectivity index is 2.04. The van der Waals surface area contributed by atoms with E-state index in [1.807, 2.05) is 55.5 Å².